The van der Waals surface area contributed by atoms with Crippen LogP contribution in [0, 0.1) is 5.82 Å². The van der Waals surface area contributed by atoms with Gasteiger partial charge in [-0.05, 0) is 43.7 Å². The van der Waals surface area contributed by atoms with Crippen LogP contribution in [0.2, 0.25) is 0 Å². The van der Waals surface area contributed by atoms with Gasteiger partial charge >= 0.3 is 0 Å². The summed E-state index contributed by atoms with van der Waals surface area (Å²) in [4.78, 5) is 10.3. The highest BCUT2D eigenvalue weighted by Crippen LogP contribution is 2.24. The van der Waals surface area contributed by atoms with E-state index in [4.69, 9.17) is 0 Å². The van der Waals surface area contributed by atoms with Gasteiger partial charge in [-0.15, -0.1) is 11.3 Å². The highest BCUT2D eigenvalue weighted by molar-refractivity contribution is 7.15. The monoisotopic (exact) mass is 334 g/mol. The lowest BCUT2D eigenvalue weighted by atomic mass is 10.1. The van der Waals surface area contributed by atoms with Crippen molar-refractivity contribution in [3.05, 3.63) is 41.2 Å². The number of hydrogen-bond donors (Lipinski definition) is 1. The lowest BCUT2D eigenvalue weighted by molar-refractivity contribution is 0.210. The molecule has 0 spiro atoms. The molecule has 0 radical (unpaired) electrons. The van der Waals surface area contributed by atoms with Gasteiger partial charge in [0, 0.05) is 50.0 Å². The van der Waals surface area contributed by atoms with Crippen molar-refractivity contribution in [2.45, 2.75) is 25.4 Å². The summed E-state index contributed by atoms with van der Waals surface area (Å²) in [7, 11) is 4.04. The van der Waals surface area contributed by atoms with Crippen molar-refractivity contribution >= 4 is 22.2 Å². The normalized spacial score (nSPS) is 18.8. The first-order valence-electron chi connectivity index (χ1n) is 7.96. The standard InChI is InChI=1S/C17H23FN4S/c1-21(2)17-19-10-16(23-17)12-22-9-3-4-15(11-22)20-14-7-5-13(18)6-8-14/h5-8,10,15,20H,3-4,9,11-12H2,1-2H3/t15-/m1/s1. The Morgan fingerprint density at radius 3 is 2.83 bits per heavy atom. The van der Waals surface area contributed by atoms with E-state index in [9.17, 15) is 4.39 Å². The number of rotatable bonds is 5. The zero-order chi connectivity index (χ0) is 16.2. The Hall–Kier alpha value is -1.66. The molecule has 2 heterocycles. The third kappa shape index (κ3) is 4.42. The first-order chi connectivity index (χ1) is 11.1. The van der Waals surface area contributed by atoms with Gasteiger partial charge in [0.2, 0.25) is 0 Å². The zero-order valence-electron chi connectivity index (χ0n) is 13.6. The summed E-state index contributed by atoms with van der Waals surface area (Å²) in [5.41, 5.74) is 0.992. The van der Waals surface area contributed by atoms with Crippen LogP contribution in [0.1, 0.15) is 17.7 Å². The molecule has 1 aliphatic heterocycles. The molecule has 0 bridgehead atoms. The number of aromatic nitrogens is 1. The summed E-state index contributed by atoms with van der Waals surface area (Å²) < 4.78 is 13.0. The predicted molar refractivity (Wildman–Crippen MR) is 94.8 cm³/mol. The van der Waals surface area contributed by atoms with Crippen molar-refractivity contribution < 1.29 is 4.39 Å². The van der Waals surface area contributed by atoms with Gasteiger partial charge < -0.3 is 10.2 Å². The Morgan fingerprint density at radius 2 is 2.13 bits per heavy atom. The van der Waals surface area contributed by atoms with Gasteiger partial charge in [-0.3, -0.25) is 4.90 Å². The summed E-state index contributed by atoms with van der Waals surface area (Å²) in [6.45, 7) is 3.08. The number of likely N-dealkylation sites (tertiary alicyclic amines) is 1. The maximum atomic E-state index is 13.0. The molecule has 0 unspecified atom stereocenters. The second-order valence-corrected chi connectivity index (χ2v) is 7.32. The van der Waals surface area contributed by atoms with E-state index in [1.165, 1.54) is 23.4 Å². The third-order valence-corrected chi connectivity index (χ3v) is 5.17. The molecule has 6 heteroatoms. The maximum absolute atomic E-state index is 13.0. The van der Waals surface area contributed by atoms with Crippen LogP contribution in [0.15, 0.2) is 30.5 Å². The maximum Gasteiger partial charge on any atom is 0.185 e. The van der Waals surface area contributed by atoms with Crippen LogP contribution in [0.25, 0.3) is 0 Å². The van der Waals surface area contributed by atoms with Crippen LogP contribution >= 0.6 is 11.3 Å². The molecule has 1 saturated heterocycles. The van der Waals surface area contributed by atoms with Gasteiger partial charge in [-0.2, -0.15) is 0 Å². The summed E-state index contributed by atoms with van der Waals surface area (Å²) in [6.07, 6.45) is 4.31. The Balaban J connectivity index is 1.56. The Labute approximate surface area is 140 Å². The van der Waals surface area contributed by atoms with Crippen molar-refractivity contribution in [2.75, 3.05) is 37.4 Å². The number of nitrogens with zero attached hydrogens (tertiary/aromatic N) is 3. The molecule has 1 N–H and O–H groups in total. The van der Waals surface area contributed by atoms with Crippen LogP contribution in [-0.2, 0) is 6.54 Å². The third-order valence-electron chi connectivity index (χ3n) is 4.02. The molecule has 1 aliphatic rings. The first-order valence-corrected chi connectivity index (χ1v) is 8.78. The molecule has 1 fully saturated rings. The fraction of sp³-hybridized carbons (Fsp3) is 0.471. The average molecular weight is 334 g/mol. The highest BCUT2D eigenvalue weighted by atomic mass is 32.1. The van der Waals surface area contributed by atoms with Crippen LogP contribution in [-0.4, -0.2) is 43.1 Å². The van der Waals surface area contributed by atoms with Gasteiger partial charge in [0.25, 0.3) is 0 Å². The molecule has 0 saturated carbocycles. The molecule has 0 amide bonds. The van der Waals surface area contributed by atoms with Crippen molar-refractivity contribution in [3.63, 3.8) is 0 Å². The smallest absolute Gasteiger partial charge is 0.185 e. The fourth-order valence-corrected chi connectivity index (χ4v) is 3.77. The minimum absolute atomic E-state index is 0.192. The second-order valence-electron chi connectivity index (χ2n) is 6.23. The number of piperidine rings is 1. The van der Waals surface area contributed by atoms with Gasteiger partial charge in [-0.25, -0.2) is 9.37 Å². The van der Waals surface area contributed by atoms with Gasteiger partial charge in [0.15, 0.2) is 5.13 Å². The SMILES string of the molecule is CN(C)c1ncc(CN2CCC[C@@H](Nc3ccc(F)cc3)C2)s1. The average Bonchev–Trinajstić information content (AvgIpc) is 2.99. The summed E-state index contributed by atoms with van der Waals surface area (Å²) in [5.74, 6) is -0.192. The number of anilines is 2. The van der Waals surface area contributed by atoms with E-state index in [1.54, 1.807) is 23.5 Å². The van der Waals surface area contributed by atoms with Crippen molar-refractivity contribution in [1.29, 1.82) is 0 Å². The number of benzene rings is 1. The quantitative estimate of drug-likeness (QED) is 0.908. The van der Waals surface area contributed by atoms with E-state index in [1.807, 2.05) is 25.2 Å². The van der Waals surface area contributed by atoms with E-state index in [-0.39, 0.29) is 5.82 Å². The van der Waals surface area contributed by atoms with Crippen molar-refractivity contribution in [2.24, 2.45) is 0 Å². The van der Waals surface area contributed by atoms with E-state index in [0.717, 1.165) is 36.9 Å². The molecule has 4 nitrogen and oxygen atoms in total. The second kappa shape index (κ2) is 7.27. The molecular weight excluding hydrogens is 311 g/mol. The van der Waals surface area contributed by atoms with E-state index < -0.39 is 0 Å². The van der Waals surface area contributed by atoms with Crippen molar-refractivity contribution in [1.82, 2.24) is 9.88 Å². The largest absolute Gasteiger partial charge is 0.381 e. The van der Waals surface area contributed by atoms with Crippen LogP contribution in [0.5, 0.6) is 0 Å². The molecule has 0 aliphatic carbocycles. The van der Waals surface area contributed by atoms with Gasteiger partial charge in [0.05, 0.1) is 0 Å². The molecule has 1 atom stereocenters. The van der Waals surface area contributed by atoms with Crippen LogP contribution in [0.4, 0.5) is 15.2 Å². The molecule has 1 aromatic heterocycles. The lowest BCUT2D eigenvalue weighted by Crippen LogP contribution is -2.41. The number of thiazole rings is 1. The van der Waals surface area contributed by atoms with Crippen LogP contribution in [0.3, 0.4) is 0 Å². The molecule has 3 rings (SSSR count). The number of halogens is 1. The number of nitrogens with one attached hydrogen (secondary N) is 1. The van der Waals surface area contributed by atoms with Crippen molar-refractivity contribution in [3.8, 4) is 0 Å². The van der Waals surface area contributed by atoms with E-state index in [0.29, 0.717) is 6.04 Å². The summed E-state index contributed by atoms with van der Waals surface area (Å²) in [6, 6.07) is 7.03. The van der Waals surface area contributed by atoms with Crippen LogP contribution < -0.4 is 10.2 Å². The molecule has 124 valence electrons. The Bertz CT molecular complexity index is 626. The molecular formula is C17H23FN4S. The van der Waals surface area contributed by atoms with Gasteiger partial charge in [0.1, 0.15) is 5.82 Å². The Kier molecular flexibility index (Phi) is 5.13. The topological polar surface area (TPSA) is 31.4 Å². The zero-order valence-corrected chi connectivity index (χ0v) is 14.4. The Morgan fingerprint density at radius 1 is 1.35 bits per heavy atom. The fourth-order valence-electron chi connectivity index (χ4n) is 2.90. The summed E-state index contributed by atoms with van der Waals surface area (Å²) >= 11 is 1.75. The first kappa shape index (κ1) is 16.2. The summed E-state index contributed by atoms with van der Waals surface area (Å²) in [5, 5.41) is 4.57. The van der Waals surface area contributed by atoms with E-state index in [2.05, 4.69) is 15.2 Å². The van der Waals surface area contributed by atoms with E-state index >= 15 is 0 Å². The molecule has 23 heavy (non-hydrogen) atoms. The lowest BCUT2D eigenvalue weighted by Gasteiger charge is -2.33. The highest BCUT2D eigenvalue weighted by Gasteiger charge is 2.20. The number of hydrogen-bond acceptors (Lipinski definition) is 5. The predicted octanol–water partition coefficient (Wildman–Crippen LogP) is 3.42. The molecule has 2 aromatic rings. The van der Waals surface area contributed by atoms with Gasteiger partial charge in [-0.1, -0.05) is 0 Å². The molecule has 1 aromatic carbocycles. The minimum atomic E-state index is -0.192. The minimum Gasteiger partial charge on any atom is -0.381 e.